The van der Waals surface area contributed by atoms with Crippen molar-refractivity contribution in [3.63, 3.8) is 0 Å². The Morgan fingerprint density at radius 1 is 1.38 bits per heavy atom. The minimum Gasteiger partial charge on any atom is -0.481 e. The second-order valence-electron chi connectivity index (χ2n) is 4.72. The topological polar surface area (TPSA) is 101 Å². The Kier molecular flexibility index (Phi) is 4.34. The molecule has 1 aromatic carbocycles. The Hall–Kier alpha value is -1.86. The van der Waals surface area contributed by atoms with Crippen molar-refractivity contribution in [2.45, 2.75) is 6.42 Å². The van der Waals surface area contributed by atoms with Crippen molar-refractivity contribution in [2.24, 2.45) is 5.92 Å². The van der Waals surface area contributed by atoms with E-state index in [0.29, 0.717) is 0 Å². The molecule has 1 N–H and O–H groups in total. The lowest BCUT2D eigenvalue weighted by atomic mass is 9.95. The number of hydrogen-bond acceptors (Lipinski definition) is 4. The number of amides is 1. The number of carboxylic acids is 1. The van der Waals surface area contributed by atoms with E-state index in [-0.39, 0.29) is 46.7 Å². The van der Waals surface area contributed by atoms with E-state index < -0.39 is 16.8 Å². The fourth-order valence-corrected chi connectivity index (χ4v) is 2.52. The number of carbonyl (C=O) groups is 2. The highest BCUT2D eigenvalue weighted by Crippen LogP contribution is 2.33. The third-order valence-electron chi connectivity index (χ3n) is 3.16. The van der Waals surface area contributed by atoms with E-state index >= 15 is 0 Å². The maximum atomic E-state index is 12.2. The number of halogens is 2. The molecule has 1 aromatic rings. The van der Waals surface area contributed by atoms with E-state index in [2.05, 4.69) is 0 Å². The van der Waals surface area contributed by atoms with Crippen LogP contribution >= 0.6 is 23.2 Å². The molecular formula is C12H10Cl2N2O5. The predicted octanol–water partition coefficient (Wildman–Crippen LogP) is 2.45. The number of benzene rings is 1. The first-order chi connectivity index (χ1) is 9.79. The van der Waals surface area contributed by atoms with Gasteiger partial charge in [0.05, 0.1) is 27.0 Å². The number of nitro groups is 1. The third-order valence-corrected chi connectivity index (χ3v) is 3.96. The Bertz CT molecular complexity index is 628. The molecule has 0 saturated carbocycles. The van der Waals surface area contributed by atoms with Crippen LogP contribution in [-0.2, 0) is 4.79 Å². The number of nitro benzene ring substituents is 1. The SMILES string of the molecule is O=C(O)CC1CN(C(=O)c2cc([N+](=O)[O-])cc(Cl)c2Cl)C1. The number of nitrogens with zero attached hydrogens (tertiary/aromatic N) is 2. The molecule has 21 heavy (non-hydrogen) atoms. The van der Waals surface area contributed by atoms with Crippen LogP contribution in [0, 0.1) is 16.0 Å². The van der Waals surface area contributed by atoms with E-state index in [1.807, 2.05) is 0 Å². The molecule has 112 valence electrons. The van der Waals surface area contributed by atoms with Crippen molar-refractivity contribution >= 4 is 40.8 Å². The Morgan fingerprint density at radius 2 is 2.00 bits per heavy atom. The Balaban J connectivity index is 2.17. The second kappa shape index (κ2) is 5.87. The molecule has 7 nitrogen and oxygen atoms in total. The quantitative estimate of drug-likeness (QED) is 0.674. The molecule has 1 aliphatic heterocycles. The van der Waals surface area contributed by atoms with E-state index in [1.54, 1.807) is 0 Å². The lowest BCUT2D eigenvalue weighted by Gasteiger charge is -2.38. The van der Waals surface area contributed by atoms with Gasteiger partial charge in [0.2, 0.25) is 0 Å². The summed E-state index contributed by atoms with van der Waals surface area (Å²) in [7, 11) is 0. The lowest BCUT2D eigenvalue weighted by Crippen LogP contribution is -2.50. The van der Waals surface area contributed by atoms with E-state index in [4.69, 9.17) is 28.3 Å². The molecule has 0 bridgehead atoms. The van der Waals surface area contributed by atoms with Crippen molar-refractivity contribution in [3.05, 3.63) is 37.9 Å². The molecular weight excluding hydrogens is 323 g/mol. The van der Waals surface area contributed by atoms with E-state index in [1.165, 1.54) is 4.90 Å². The van der Waals surface area contributed by atoms with Crippen molar-refractivity contribution < 1.29 is 19.6 Å². The van der Waals surface area contributed by atoms with Gasteiger partial charge in [-0.15, -0.1) is 0 Å². The van der Waals surface area contributed by atoms with Gasteiger partial charge in [-0.05, 0) is 0 Å². The first kappa shape index (κ1) is 15.5. The number of aliphatic carboxylic acids is 1. The van der Waals surface area contributed by atoms with Crippen LogP contribution in [0.5, 0.6) is 0 Å². The lowest BCUT2D eigenvalue weighted by molar-refractivity contribution is -0.384. The number of carbonyl (C=O) groups excluding carboxylic acids is 1. The molecule has 0 atom stereocenters. The van der Waals surface area contributed by atoms with Gasteiger partial charge in [-0.2, -0.15) is 0 Å². The van der Waals surface area contributed by atoms with Crippen LogP contribution in [0.3, 0.4) is 0 Å². The van der Waals surface area contributed by atoms with Gasteiger partial charge in [-0.1, -0.05) is 23.2 Å². The summed E-state index contributed by atoms with van der Waals surface area (Å²) in [5.41, 5.74) is -0.375. The van der Waals surface area contributed by atoms with Gasteiger partial charge in [0.1, 0.15) is 0 Å². The first-order valence-corrected chi connectivity index (χ1v) is 6.69. The van der Waals surface area contributed by atoms with Crippen molar-refractivity contribution in [3.8, 4) is 0 Å². The number of likely N-dealkylation sites (tertiary alicyclic amines) is 1. The summed E-state index contributed by atoms with van der Waals surface area (Å²) in [6, 6.07) is 2.14. The third kappa shape index (κ3) is 3.25. The summed E-state index contributed by atoms with van der Waals surface area (Å²) >= 11 is 11.7. The van der Waals surface area contributed by atoms with Gasteiger partial charge >= 0.3 is 5.97 Å². The highest BCUT2D eigenvalue weighted by molar-refractivity contribution is 6.44. The number of carboxylic acid groups (broad SMARTS) is 1. The highest BCUT2D eigenvalue weighted by Gasteiger charge is 2.34. The fourth-order valence-electron chi connectivity index (χ4n) is 2.12. The van der Waals surface area contributed by atoms with Crippen LogP contribution < -0.4 is 0 Å². The van der Waals surface area contributed by atoms with Gasteiger partial charge in [-0.3, -0.25) is 19.7 Å². The molecule has 1 saturated heterocycles. The largest absolute Gasteiger partial charge is 0.481 e. The Morgan fingerprint density at radius 3 is 2.52 bits per heavy atom. The standard InChI is InChI=1S/C12H10Cl2N2O5/c13-9-3-7(16(20)21)2-8(11(9)14)12(19)15-4-6(5-15)1-10(17)18/h2-3,6H,1,4-5H2,(H,17,18). The maximum Gasteiger partial charge on any atom is 0.303 e. The molecule has 1 amide bonds. The Labute approximate surface area is 129 Å². The molecule has 0 aromatic heterocycles. The summed E-state index contributed by atoms with van der Waals surface area (Å²) < 4.78 is 0. The zero-order chi connectivity index (χ0) is 15.7. The summed E-state index contributed by atoms with van der Waals surface area (Å²) in [4.78, 5) is 34.3. The fraction of sp³-hybridized carbons (Fsp3) is 0.333. The van der Waals surface area contributed by atoms with Crippen molar-refractivity contribution in [1.82, 2.24) is 4.90 Å². The monoisotopic (exact) mass is 332 g/mol. The number of rotatable bonds is 4. The highest BCUT2D eigenvalue weighted by atomic mass is 35.5. The minimum absolute atomic E-state index is 0.0206. The van der Waals surface area contributed by atoms with Crippen LogP contribution in [0.25, 0.3) is 0 Å². The summed E-state index contributed by atoms with van der Waals surface area (Å²) in [5.74, 6) is -1.53. The van der Waals surface area contributed by atoms with Crippen LogP contribution in [-0.4, -0.2) is 39.9 Å². The molecule has 2 rings (SSSR count). The molecule has 9 heteroatoms. The predicted molar refractivity (Wildman–Crippen MR) is 74.8 cm³/mol. The van der Waals surface area contributed by atoms with Gasteiger partial charge in [-0.25, -0.2) is 0 Å². The van der Waals surface area contributed by atoms with Crippen LogP contribution in [0.15, 0.2) is 12.1 Å². The minimum atomic E-state index is -0.927. The molecule has 0 spiro atoms. The van der Waals surface area contributed by atoms with Crippen LogP contribution in [0.1, 0.15) is 16.8 Å². The molecule has 1 aliphatic rings. The normalized spacial score (nSPS) is 14.7. The molecule has 0 aliphatic carbocycles. The second-order valence-corrected chi connectivity index (χ2v) is 5.51. The van der Waals surface area contributed by atoms with E-state index in [9.17, 15) is 19.7 Å². The van der Waals surface area contributed by atoms with Crippen LogP contribution in [0.4, 0.5) is 5.69 Å². The summed E-state index contributed by atoms with van der Waals surface area (Å²) in [6.07, 6.45) is -0.0206. The van der Waals surface area contributed by atoms with Gasteiger partial charge < -0.3 is 10.0 Å². The van der Waals surface area contributed by atoms with Crippen molar-refractivity contribution in [1.29, 1.82) is 0 Å². The van der Waals surface area contributed by atoms with Crippen LogP contribution in [0.2, 0.25) is 10.0 Å². The molecule has 1 heterocycles. The van der Waals surface area contributed by atoms with Gasteiger partial charge in [0.15, 0.2) is 0 Å². The molecule has 1 fully saturated rings. The number of non-ortho nitro benzene ring substituents is 1. The van der Waals surface area contributed by atoms with Gasteiger partial charge in [0, 0.05) is 31.1 Å². The van der Waals surface area contributed by atoms with E-state index in [0.717, 1.165) is 12.1 Å². The van der Waals surface area contributed by atoms with Gasteiger partial charge in [0.25, 0.3) is 11.6 Å². The average molecular weight is 333 g/mol. The zero-order valence-electron chi connectivity index (χ0n) is 10.6. The average Bonchev–Trinajstić information content (AvgIpc) is 2.35. The summed E-state index contributed by atoms with van der Waals surface area (Å²) in [6.45, 7) is 0.559. The van der Waals surface area contributed by atoms with Crippen molar-refractivity contribution in [2.75, 3.05) is 13.1 Å². The number of hydrogen-bond donors (Lipinski definition) is 1. The smallest absolute Gasteiger partial charge is 0.303 e. The summed E-state index contributed by atoms with van der Waals surface area (Å²) in [5, 5.41) is 19.3. The first-order valence-electron chi connectivity index (χ1n) is 5.94. The zero-order valence-corrected chi connectivity index (χ0v) is 12.1. The molecule has 0 unspecified atom stereocenters. The molecule has 0 radical (unpaired) electrons. The maximum absolute atomic E-state index is 12.2.